The van der Waals surface area contributed by atoms with Gasteiger partial charge in [0.15, 0.2) is 0 Å². The predicted molar refractivity (Wildman–Crippen MR) is 121 cm³/mol. The largest absolute Gasteiger partial charge is 0.348 e. The number of hydrogen-bond donors (Lipinski definition) is 1. The van der Waals surface area contributed by atoms with Gasteiger partial charge in [-0.25, -0.2) is 8.42 Å². The van der Waals surface area contributed by atoms with Crippen molar-refractivity contribution in [1.29, 1.82) is 0 Å². The Labute approximate surface area is 179 Å². The Morgan fingerprint density at radius 1 is 0.933 bits per heavy atom. The summed E-state index contributed by atoms with van der Waals surface area (Å²) in [6.07, 6.45) is 0. The Hall–Kier alpha value is -3.16. The standard InChI is InChI=1S/C23H20N2O3S2/c1-25(30(27,28)22-7-4-14-29-22)21-12-10-19(11-13-21)23(26)24-16-17-8-9-18-5-2-3-6-20(18)15-17/h2-15H,16H2,1H3,(H,24,26). The van der Waals surface area contributed by atoms with Crippen molar-refractivity contribution < 1.29 is 13.2 Å². The van der Waals surface area contributed by atoms with Crippen LogP contribution in [0.5, 0.6) is 0 Å². The molecule has 0 fully saturated rings. The minimum absolute atomic E-state index is 0.210. The minimum atomic E-state index is -3.59. The molecule has 0 bridgehead atoms. The van der Waals surface area contributed by atoms with Crippen LogP contribution in [0.2, 0.25) is 0 Å². The monoisotopic (exact) mass is 436 g/mol. The Morgan fingerprint density at radius 2 is 1.67 bits per heavy atom. The maximum atomic E-state index is 12.6. The molecule has 1 N–H and O–H groups in total. The second kappa shape index (κ2) is 8.30. The normalized spacial score (nSPS) is 11.4. The lowest BCUT2D eigenvalue weighted by Crippen LogP contribution is -2.26. The number of carbonyl (C=O) groups excluding carboxylic acids is 1. The number of thiophene rings is 1. The quantitative estimate of drug-likeness (QED) is 0.478. The molecule has 3 aromatic carbocycles. The van der Waals surface area contributed by atoms with E-state index in [1.807, 2.05) is 30.3 Å². The third-order valence-corrected chi connectivity index (χ3v) is 8.03. The van der Waals surface area contributed by atoms with Crippen molar-refractivity contribution in [3.05, 3.63) is 95.4 Å². The number of hydrogen-bond acceptors (Lipinski definition) is 4. The van der Waals surface area contributed by atoms with Crippen molar-refractivity contribution in [3.8, 4) is 0 Å². The summed E-state index contributed by atoms with van der Waals surface area (Å²) in [7, 11) is -2.09. The Morgan fingerprint density at radius 3 is 2.37 bits per heavy atom. The molecular formula is C23H20N2O3S2. The number of sulfonamides is 1. The van der Waals surface area contributed by atoms with Gasteiger partial charge >= 0.3 is 0 Å². The highest BCUT2D eigenvalue weighted by Gasteiger charge is 2.22. The molecular weight excluding hydrogens is 416 g/mol. The van der Waals surface area contributed by atoms with E-state index in [0.29, 0.717) is 17.8 Å². The van der Waals surface area contributed by atoms with Gasteiger partial charge in [0.2, 0.25) is 0 Å². The minimum Gasteiger partial charge on any atom is -0.348 e. The topological polar surface area (TPSA) is 66.5 Å². The summed E-state index contributed by atoms with van der Waals surface area (Å²) in [5, 5.41) is 6.92. The lowest BCUT2D eigenvalue weighted by molar-refractivity contribution is 0.0951. The van der Waals surface area contributed by atoms with Crippen molar-refractivity contribution in [2.24, 2.45) is 0 Å². The average Bonchev–Trinajstić information content (AvgIpc) is 3.33. The smallest absolute Gasteiger partial charge is 0.273 e. The van der Waals surface area contributed by atoms with Gasteiger partial charge in [-0.1, -0.05) is 42.5 Å². The van der Waals surface area contributed by atoms with Crippen molar-refractivity contribution in [2.45, 2.75) is 10.8 Å². The number of anilines is 1. The first kappa shape index (κ1) is 20.1. The van der Waals surface area contributed by atoms with Crippen LogP contribution in [-0.4, -0.2) is 21.4 Å². The molecule has 30 heavy (non-hydrogen) atoms. The highest BCUT2D eigenvalue weighted by atomic mass is 32.2. The first-order chi connectivity index (χ1) is 14.4. The molecule has 0 saturated carbocycles. The highest BCUT2D eigenvalue weighted by molar-refractivity contribution is 7.94. The lowest BCUT2D eigenvalue weighted by atomic mass is 10.1. The van der Waals surface area contributed by atoms with E-state index in [1.54, 1.807) is 41.8 Å². The van der Waals surface area contributed by atoms with E-state index < -0.39 is 10.0 Å². The average molecular weight is 437 g/mol. The Kier molecular flexibility index (Phi) is 5.57. The highest BCUT2D eigenvalue weighted by Crippen LogP contribution is 2.25. The second-order valence-electron chi connectivity index (χ2n) is 6.82. The zero-order chi connectivity index (χ0) is 21.1. The molecule has 0 aliphatic heterocycles. The van der Waals surface area contributed by atoms with E-state index >= 15 is 0 Å². The van der Waals surface area contributed by atoms with E-state index in [1.165, 1.54) is 22.7 Å². The van der Waals surface area contributed by atoms with Crippen molar-refractivity contribution >= 4 is 43.7 Å². The van der Waals surface area contributed by atoms with Gasteiger partial charge in [-0.05, 0) is 58.1 Å². The van der Waals surface area contributed by atoms with E-state index in [9.17, 15) is 13.2 Å². The third-order valence-electron chi connectivity index (χ3n) is 4.87. The molecule has 0 radical (unpaired) electrons. The van der Waals surface area contributed by atoms with Crippen LogP contribution in [0.4, 0.5) is 5.69 Å². The van der Waals surface area contributed by atoms with Gasteiger partial charge in [0.05, 0.1) is 5.69 Å². The van der Waals surface area contributed by atoms with Gasteiger partial charge in [0, 0.05) is 19.2 Å². The molecule has 1 amide bonds. The molecule has 0 aliphatic rings. The third kappa shape index (κ3) is 4.08. The van der Waals surface area contributed by atoms with Crippen LogP contribution in [0.25, 0.3) is 10.8 Å². The van der Waals surface area contributed by atoms with Crippen LogP contribution in [-0.2, 0) is 16.6 Å². The van der Waals surface area contributed by atoms with Gasteiger partial charge < -0.3 is 5.32 Å². The SMILES string of the molecule is CN(c1ccc(C(=O)NCc2ccc3ccccc3c2)cc1)S(=O)(=O)c1cccs1. The van der Waals surface area contributed by atoms with E-state index in [-0.39, 0.29) is 10.1 Å². The van der Waals surface area contributed by atoms with Crippen molar-refractivity contribution in [2.75, 3.05) is 11.4 Å². The number of amides is 1. The number of nitrogens with one attached hydrogen (secondary N) is 1. The van der Waals surface area contributed by atoms with Crippen LogP contribution in [0, 0.1) is 0 Å². The zero-order valence-corrected chi connectivity index (χ0v) is 17.9. The summed E-state index contributed by atoms with van der Waals surface area (Å²) in [5.74, 6) is -0.210. The molecule has 4 aromatic rings. The number of nitrogens with zero attached hydrogens (tertiary/aromatic N) is 1. The van der Waals surface area contributed by atoms with Crippen molar-refractivity contribution in [3.63, 3.8) is 0 Å². The number of benzene rings is 3. The first-order valence-corrected chi connectivity index (χ1v) is 11.7. The number of fused-ring (bicyclic) bond motifs is 1. The van der Waals surface area contributed by atoms with E-state index in [0.717, 1.165) is 16.3 Å². The summed E-state index contributed by atoms with van der Waals surface area (Å²) in [6, 6.07) is 24.0. The molecule has 7 heteroatoms. The second-order valence-corrected chi connectivity index (χ2v) is 9.96. The summed E-state index contributed by atoms with van der Waals surface area (Å²) in [6.45, 7) is 0.415. The fraction of sp³-hybridized carbons (Fsp3) is 0.0870. The maximum absolute atomic E-state index is 12.6. The Bertz CT molecular complexity index is 1280. The molecule has 0 unspecified atom stereocenters. The van der Waals surface area contributed by atoms with Crippen LogP contribution in [0.15, 0.2) is 88.5 Å². The van der Waals surface area contributed by atoms with Crippen LogP contribution in [0.3, 0.4) is 0 Å². The summed E-state index contributed by atoms with van der Waals surface area (Å²) in [5.41, 5.74) is 1.98. The van der Waals surface area contributed by atoms with Gasteiger partial charge in [-0.15, -0.1) is 11.3 Å². The van der Waals surface area contributed by atoms with Crippen LogP contribution in [0.1, 0.15) is 15.9 Å². The van der Waals surface area contributed by atoms with Gasteiger partial charge in [-0.3, -0.25) is 9.10 Å². The molecule has 0 spiro atoms. The molecule has 0 aliphatic carbocycles. The van der Waals surface area contributed by atoms with Crippen LogP contribution < -0.4 is 9.62 Å². The van der Waals surface area contributed by atoms with Gasteiger partial charge in [0.1, 0.15) is 4.21 Å². The van der Waals surface area contributed by atoms with E-state index in [4.69, 9.17) is 0 Å². The molecule has 1 aromatic heterocycles. The maximum Gasteiger partial charge on any atom is 0.273 e. The molecule has 5 nitrogen and oxygen atoms in total. The molecule has 152 valence electrons. The summed E-state index contributed by atoms with van der Waals surface area (Å²) >= 11 is 1.17. The summed E-state index contributed by atoms with van der Waals surface area (Å²) < 4.78 is 26.7. The van der Waals surface area contributed by atoms with Gasteiger partial charge in [-0.2, -0.15) is 0 Å². The Balaban J connectivity index is 1.43. The molecule has 0 atom stereocenters. The number of rotatable bonds is 6. The molecule has 4 rings (SSSR count). The van der Waals surface area contributed by atoms with E-state index in [2.05, 4.69) is 17.4 Å². The number of carbonyl (C=O) groups is 1. The fourth-order valence-electron chi connectivity index (χ4n) is 3.14. The molecule has 0 saturated heterocycles. The lowest BCUT2D eigenvalue weighted by Gasteiger charge is -2.18. The molecule has 1 heterocycles. The summed E-state index contributed by atoms with van der Waals surface area (Å²) in [4.78, 5) is 12.5. The first-order valence-electron chi connectivity index (χ1n) is 9.33. The van der Waals surface area contributed by atoms with Gasteiger partial charge in [0.25, 0.3) is 15.9 Å². The fourth-order valence-corrected chi connectivity index (χ4v) is 5.50. The zero-order valence-electron chi connectivity index (χ0n) is 16.3. The predicted octanol–water partition coefficient (Wildman–Crippen LogP) is 4.66. The van der Waals surface area contributed by atoms with Crippen LogP contribution >= 0.6 is 11.3 Å². The van der Waals surface area contributed by atoms with Crippen molar-refractivity contribution in [1.82, 2.24) is 5.32 Å².